The lowest BCUT2D eigenvalue weighted by molar-refractivity contribution is -0.600. The van der Waals surface area contributed by atoms with E-state index in [1.165, 1.54) is 12.1 Å². The van der Waals surface area contributed by atoms with Crippen LogP contribution in [0.4, 0.5) is 17.1 Å². The van der Waals surface area contributed by atoms with E-state index in [2.05, 4.69) is 0 Å². The van der Waals surface area contributed by atoms with E-state index in [9.17, 15) is 20.2 Å². The fourth-order valence-electron chi connectivity index (χ4n) is 2.56. The number of hydrogen-bond donors (Lipinski definition) is 0. The molecule has 9 nitrogen and oxygen atoms in total. The van der Waals surface area contributed by atoms with Gasteiger partial charge in [0.15, 0.2) is 0 Å². The van der Waals surface area contributed by atoms with Crippen LogP contribution in [0.3, 0.4) is 0 Å². The van der Waals surface area contributed by atoms with Gasteiger partial charge in [-0.2, -0.15) is 4.57 Å². The maximum Gasteiger partial charge on any atom is 0.322 e. The highest BCUT2D eigenvalue weighted by Gasteiger charge is 2.24. The van der Waals surface area contributed by atoms with Crippen LogP contribution < -0.4 is 21.9 Å². The third-order valence-corrected chi connectivity index (χ3v) is 3.95. The predicted octanol–water partition coefficient (Wildman–Crippen LogP) is -0.360. The summed E-state index contributed by atoms with van der Waals surface area (Å²) >= 11 is 0. The first-order valence-electron chi connectivity index (χ1n) is 7.67. The highest BCUT2D eigenvalue weighted by molar-refractivity contribution is 5.54. The number of nitro benzene ring substituents is 2. The third kappa shape index (κ3) is 4.04. The highest BCUT2D eigenvalue weighted by atomic mass is 35.5. The number of benzene rings is 2. The van der Waals surface area contributed by atoms with Gasteiger partial charge in [0.25, 0.3) is 12.0 Å². The molecule has 2 aromatic carbocycles. The largest absolute Gasteiger partial charge is 1.00 e. The van der Waals surface area contributed by atoms with E-state index in [0.717, 1.165) is 17.4 Å². The van der Waals surface area contributed by atoms with Crippen molar-refractivity contribution in [2.75, 3.05) is 19.0 Å². The summed E-state index contributed by atoms with van der Waals surface area (Å²) in [6.07, 6.45) is 5.10. The molecule has 0 aliphatic carbocycles. The number of nitrogens with zero attached hydrogens (tertiary/aromatic N) is 5. The Bertz CT molecular complexity index is 985. The predicted molar refractivity (Wildman–Crippen MR) is 94.9 cm³/mol. The van der Waals surface area contributed by atoms with Gasteiger partial charge in [0.1, 0.15) is 18.1 Å². The Balaban J connectivity index is 0.00000261. The van der Waals surface area contributed by atoms with Crippen LogP contribution in [-0.2, 0) is 0 Å². The first-order chi connectivity index (χ1) is 12.4. The number of rotatable bonds is 5. The lowest BCUT2D eigenvalue weighted by Crippen LogP contribution is -3.00. The molecule has 0 radical (unpaired) electrons. The normalized spacial score (nSPS) is 10.1. The Kier molecular flexibility index (Phi) is 5.76. The highest BCUT2D eigenvalue weighted by Crippen LogP contribution is 2.25. The summed E-state index contributed by atoms with van der Waals surface area (Å²) in [6.45, 7) is 0. The summed E-state index contributed by atoms with van der Waals surface area (Å²) in [6, 6.07) is 11.4. The van der Waals surface area contributed by atoms with Crippen LogP contribution >= 0.6 is 0 Å². The zero-order valence-electron chi connectivity index (χ0n) is 14.5. The Labute approximate surface area is 160 Å². The molecule has 3 rings (SSSR count). The van der Waals surface area contributed by atoms with Crippen molar-refractivity contribution in [2.45, 2.75) is 0 Å². The van der Waals surface area contributed by atoms with Gasteiger partial charge in [-0.05, 0) is 30.3 Å². The second-order valence-corrected chi connectivity index (χ2v) is 5.83. The SMILES string of the molecule is CN(C)c1ccc(-n2cc[n+](-c3ccc([N+](=O)[O-])cc3[N+](=O)[O-])c2)cc1.[Cl-]. The lowest BCUT2D eigenvalue weighted by Gasteiger charge is -2.11. The van der Waals surface area contributed by atoms with E-state index >= 15 is 0 Å². The van der Waals surface area contributed by atoms with Crippen LogP contribution in [0.2, 0.25) is 0 Å². The molecule has 0 N–H and O–H groups in total. The second kappa shape index (κ2) is 7.83. The molecular weight excluding hydrogens is 374 g/mol. The van der Waals surface area contributed by atoms with Gasteiger partial charge in [0.2, 0.25) is 5.69 Å². The number of halogens is 1. The second-order valence-electron chi connectivity index (χ2n) is 5.83. The molecule has 0 aliphatic rings. The maximum absolute atomic E-state index is 11.3. The van der Waals surface area contributed by atoms with Gasteiger partial charge in [-0.25, -0.2) is 4.57 Å². The minimum absolute atomic E-state index is 0. The molecule has 0 amide bonds. The van der Waals surface area contributed by atoms with Crippen molar-refractivity contribution in [3.63, 3.8) is 0 Å². The average molecular weight is 390 g/mol. The Morgan fingerprint density at radius 1 is 1.00 bits per heavy atom. The van der Waals surface area contributed by atoms with Crippen LogP contribution in [0.15, 0.2) is 61.2 Å². The molecule has 3 aromatic rings. The van der Waals surface area contributed by atoms with Crippen molar-refractivity contribution >= 4 is 17.1 Å². The molecule has 0 spiro atoms. The Hall–Kier alpha value is -3.46. The molecule has 0 saturated heterocycles. The van der Waals surface area contributed by atoms with E-state index in [1.54, 1.807) is 23.3 Å². The molecule has 0 saturated carbocycles. The first-order valence-corrected chi connectivity index (χ1v) is 7.67. The van der Waals surface area contributed by atoms with E-state index in [4.69, 9.17) is 0 Å². The van der Waals surface area contributed by atoms with E-state index in [-0.39, 0.29) is 29.5 Å². The molecule has 0 unspecified atom stereocenters. The quantitative estimate of drug-likeness (QED) is 0.337. The zero-order valence-corrected chi connectivity index (χ0v) is 15.3. The van der Waals surface area contributed by atoms with Gasteiger partial charge in [-0.3, -0.25) is 20.2 Å². The van der Waals surface area contributed by atoms with Gasteiger partial charge >= 0.3 is 5.69 Å². The van der Waals surface area contributed by atoms with Crippen molar-refractivity contribution in [2.24, 2.45) is 0 Å². The molecule has 140 valence electrons. The average Bonchev–Trinajstić information content (AvgIpc) is 3.11. The number of nitro groups is 2. The van der Waals surface area contributed by atoms with Crippen LogP contribution in [0.1, 0.15) is 0 Å². The summed E-state index contributed by atoms with van der Waals surface area (Å²) in [7, 11) is 3.90. The van der Waals surface area contributed by atoms with E-state index in [1.807, 2.05) is 47.8 Å². The maximum atomic E-state index is 11.3. The summed E-state index contributed by atoms with van der Waals surface area (Å²) in [4.78, 5) is 22.9. The fraction of sp³-hybridized carbons (Fsp3) is 0.118. The summed E-state index contributed by atoms with van der Waals surface area (Å²) in [5.74, 6) is 0. The van der Waals surface area contributed by atoms with Gasteiger partial charge in [-0.15, -0.1) is 0 Å². The zero-order chi connectivity index (χ0) is 18.8. The number of imidazole rings is 1. The third-order valence-electron chi connectivity index (χ3n) is 3.95. The summed E-state index contributed by atoms with van der Waals surface area (Å²) < 4.78 is 3.37. The Morgan fingerprint density at radius 3 is 2.22 bits per heavy atom. The molecule has 0 fully saturated rings. The van der Waals surface area contributed by atoms with Crippen molar-refractivity contribution in [3.8, 4) is 11.4 Å². The number of aromatic nitrogens is 2. The Morgan fingerprint density at radius 2 is 1.67 bits per heavy atom. The number of hydrogen-bond acceptors (Lipinski definition) is 5. The van der Waals surface area contributed by atoms with E-state index < -0.39 is 9.85 Å². The van der Waals surface area contributed by atoms with Crippen LogP contribution in [0.5, 0.6) is 0 Å². The molecule has 0 bridgehead atoms. The number of non-ortho nitro benzene ring substituents is 1. The first kappa shape index (κ1) is 19.9. The molecule has 0 aliphatic heterocycles. The summed E-state index contributed by atoms with van der Waals surface area (Å²) in [5, 5.41) is 22.2. The van der Waals surface area contributed by atoms with Gasteiger partial charge in [-0.1, -0.05) is 0 Å². The monoisotopic (exact) mass is 389 g/mol. The van der Waals surface area contributed by atoms with Crippen molar-refractivity contribution in [1.29, 1.82) is 0 Å². The standard InChI is InChI=1S/C17H16N5O4.ClH/c1-18(2)13-3-5-14(6-4-13)19-9-10-20(12-19)16-8-7-15(21(23)24)11-17(16)22(25)26;/h3-12H,1-2H3;1H/q+1;/p-1. The molecule has 27 heavy (non-hydrogen) atoms. The van der Waals surface area contributed by atoms with Gasteiger partial charge in [0.05, 0.1) is 15.9 Å². The minimum atomic E-state index is -0.654. The topological polar surface area (TPSA) is 98.3 Å². The molecule has 0 atom stereocenters. The van der Waals surface area contributed by atoms with Crippen LogP contribution in [0.25, 0.3) is 11.4 Å². The minimum Gasteiger partial charge on any atom is -1.00 e. The van der Waals surface area contributed by atoms with Gasteiger partial charge < -0.3 is 17.3 Å². The van der Waals surface area contributed by atoms with Crippen LogP contribution in [0, 0.1) is 20.2 Å². The van der Waals surface area contributed by atoms with E-state index in [0.29, 0.717) is 0 Å². The summed E-state index contributed by atoms with van der Waals surface area (Å²) in [5.41, 5.74) is 1.55. The molecule has 1 heterocycles. The molecule has 10 heteroatoms. The van der Waals surface area contributed by atoms with Crippen LogP contribution in [-0.4, -0.2) is 28.5 Å². The van der Waals surface area contributed by atoms with Crippen molar-refractivity contribution in [3.05, 3.63) is 81.4 Å². The van der Waals surface area contributed by atoms with Crippen molar-refractivity contribution < 1.29 is 26.8 Å². The smallest absolute Gasteiger partial charge is 0.322 e. The molecule has 1 aromatic heterocycles. The van der Waals surface area contributed by atoms with Gasteiger partial charge in [0, 0.05) is 25.8 Å². The van der Waals surface area contributed by atoms with Crippen molar-refractivity contribution in [1.82, 2.24) is 4.57 Å². The number of anilines is 1. The fourth-order valence-corrected chi connectivity index (χ4v) is 2.56. The molecular formula is C17H16ClN5O4. The lowest BCUT2D eigenvalue weighted by atomic mass is 10.2.